The number of anilines is 2. The van der Waals surface area contributed by atoms with Gasteiger partial charge in [0.25, 0.3) is 5.91 Å². The van der Waals surface area contributed by atoms with E-state index in [0.29, 0.717) is 69.2 Å². The second-order valence-electron chi connectivity index (χ2n) is 15.8. The fraction of sp³-hybridized carbons (Fsp3) is 0.390. The molecule has 11 nitrogen and oxygen atoms in total. The number of carbonyl (C=O) groups excluding carboxylic acids is 1. The average molecular weight is 786 g/mol. The first kappa shape index (κ1) is 38.6. The van der Waals surface area contributed by atoms with Crippen LogP contribution in [-0.4, -0.2) is 88.5 Å². The maximum absolute atomic E-state index is 14.3. The molecule has 0 bridgehead atoms. The van der Waals surface area contributed by atoms with Crippen LogP contribution in [0.15, 0.2) is 72.7 Å². The molecule has 55 heavy (non-hydrogen) atoms. The second-order valence-corrected chi connectivity index (χ2v) is 16.6. The molecule has 1 atom stereocenters. The summed E-state index contributed by atoms with van der Waals surface area (Å²) in [6.45, 7) is 10.4. The quantitative estimate of drug-likeness (QED) is 0.132. The molecular weight excluding hydrogens is 738 g/mol. The average Bonchev–Trinajstić information content (AvgIpc) is 3.63. The Kier molecular flexibility index (Phi) is 11.1. The Morgan fingerprint density at radius 3 is 2.55 bits per heavy atom. The minimum Gasteiger partial charge on any atom is -0.379 e. The molecule has 4 aromatic rings. The molecule has 14 heteroatoms. The number of nitrogens with one attached hydrogen (secondary N) is 4. The molecule has 7 rings (SSSR count). The molecule has 0 saturated carbocycles. The molecule has 3 aromatic carbocycles. The summed E-state index contributed by atoms with van der Waals surface area (Å²) in [5.74, 6) is -0.522. The first-order valence-electron chi connectivity index (χ1n) is 18.6. The monoisotopic (exact) mass is 784 g/mol. The fourth-order valence-electron chi connectivity index (χ4n) is 7.45. The van der Waals surface area contributed by atoms with Gasteiger partial charge in [0.05, 0.1) is 38.6 Å². The standard InChI is InChI=1S/C41H47Cl2FN10O/c1-41(2,3)53-13-11-30(12-14-53)54-24-36(49-50-54)38(26-7-6-8-27(16-26)40(55)52-22-31(23-52)51(4)5)48-29-17-32-37(28(19-45)21-47-39(32)34(43)18-29)46-20-25-9-10-33(42)35(44)15-25/h6-10,15-18,21,24,30-31,38,48-50H,11-14,20,22-23H2,1-5H3,(H,46,47)/t38-/m0/s1. The lowest BCUT2D eigenvalue weighted by Crippen LogP contribution is -2.59. The van der Waals surface area contributed by atoms with Crippen LogP contribution in [0, 0.1) is 17.1 Å². The number of likely N-dealkylation sites (N-methyl/N-ethyl adjacent to an activating group) is 1. The maximum Gasteiger partial charge on any atom is 0.253 e. The summed E-state index contributed by atoms with van der Waals surface area (Å²) in [5, 5.41) is 20.3. The Balaban J connectivity index is 1.22. The number of amides is 1. The van der Waals surface area contributed by atoms with E-state index in [9.17, 15) is 14.4 Å². The third-order valence-corrected chi connectivity index (χ3v) is 11.5. The Labute approximate surface area is 332 Å². The summed E-state index contributed by atoms with van der Waals surface area (Å²) >= 11 is 12.8. The predicted octanol–water partition coefficient (Wildman–Crippen LogP) is 7.13. The van der Waals surface area contributed by atoms with Crippen LogP contribution in [0.1, 0.15) is 66.7 Å². The van der Waals surface area contributed by atoms with E-state index in [1.54, 1.807) is 6.07 Å². The minimum absolute atomic E-state index is 0.00226. The van der Waals surface area contributed by atoms with Crippen molar-refractivity contribution in [3.63, 3.8) is 0 Å². The molecule has 0 spiro atoms. The predicted molar refractivity (Wildman–Crippen MR) is 217 cm³/mol. The molecule has 0 unspecified atom stereocenters. The zero-order valence-corrected chi connectivity index (χ0v) is 33.3. The number of pyridine rings is 1. The van der Waals surface area contributed by atoms with Crippen molar-refractivity contribution >= 4 is 51.4 Å². The van der Waals surface area contributed by atoms with E-state index in [4.69, 9.17) is 23.2 Å². The zero-order chi connectivity index (χ0) is 39.0. The van der Waals surface area contributed by atoms with Gasteiger partial charge in [-0.05, 0) is 95.2 Å². The highest BCUT2D eigenvalue weighted by Gasteiger charge is 2.34. The van der Waals surface area contributed by atoms with Gasteiger partial charge in [-0.1, -0.05) is 41.4 Å². The van der Waals surface area contributed by atoms with Crippen molar-refractivity contribution in [1.29, 1.82) is 5.26 Å². The second kappa shape index (κ2) is 15.8. The van der Waals surface area contributed by atoms with Crippen LogP contribution >= 0.6 is 23.2 Å². The van der Waals surface area contributed by atoms with Crippen molar-refractivity contribution in [3.8, 4) is 6.07 Å². The van der Waals surface area contributed by atoms with Gasteiger partial charge in [-0.15, -0.1) is 5.53 Å². The number of likely N-dealkylation sites (tertiary alicyclic amines) is 2. The molecule has 4 heterocycles. The first-order valence-corrected chi connectivity index (χ1v) is 19.3. The first-order chi connectivity index (χ1) is 26.3. The van der Waals surface area contributed by atoms with E-state index >= 15 is 0 Å². The molecule has 1 amide bonds. The van der Waals surface area contributed by atoms with E-state index in [1.807, 2.05) is 55.4 Å². The lowest BCUT2D eigenvalue weighted by atomic mass is 9.97. The molecule has 288 valence electrons. The summed E-state index contributed by atoms with van der Waals surface area (Å²) < 4.78 is 14.3. The number of carbonyl (C=O) groups is 1. The number of rotatable bonds is 10. The largest absolute Gasteiger partial charge is 0.379 e. The number of nitrogens with zero attached hydrogens (tertiary/aromatic N) is 6. The number of nitriles is 1. The number of benzene rings is 3. The smallest absolute Gasteiger partial charge is 0.253 e. The highest BCUT2D eigenvalue weighted by molar-refractivity contribution is 6.36. The molecule has 1 aromatic heterocycles. The van der Waals surface area contributed by atoms with Gasteiger partial charge in [-0.2, -0.15) is 5.26 Å². The Morgan fingerprint density at radius 2 is 1.85 bits per heavy atom. The van der Waals surface area contributed by atoms with Crippen LogP contribution in [0.4, 0.5) is 15.8 Å². The van der Waals surface area contributed by atoms with Crippen molar-refractivity contribution in [2.45, 2.75) is 63.8 Å². The van der Waals surface area contributed by atoms with E-state index < -0.39 is 11.9 Å². The summed E-state index contributed by atoms with van der Waals surface area (Å²) in [7, 11) is 4.07. The van der Waals surface area contributed by atoms with Crippen LogP contribution in [-0.2, 0) is 6.54 Å². The van der Waals surface area contributed by atoms with Crippen LogP contribution in [0.25, 0.3) is 10.9 Å². The Bertz CT molecular complexity index is 2150. The lowest BCUT2D eigenvalue weighted by Gasteiger charge is -2.42. The number of piperidine rings is 1. The van der Waals surface area contributed by atoms with Gasteiger partial charge in [0, 0.05) is 79.4 Å². The SMILES string of the molecule is CN(C)C1CN(C(=O)c2cccc([C@H](Nc3cc(Cl)c4ncc(C#N)c(NCc5ccc(Cl)c(F)c5)c4c3)C3=CN(C4CCN(C(C)(C)C)CC4)NN3)c2)C1. The van der Waals surface area contributed by atoms with Crippen LogP contribution in [0.5, 0.6) is 0 Å². The highest BCUT2D eigenvalue weighted by atomic mass is 35.5. The summed E-state index contributed by atoms with van der Waals surface area (Å²) in [4.78, 5) is 24.7. The lowest BCUT2D eigenvalue weighted by molar-refractivity contribution is 0.0399. The van der Waals surface area contributed by atoms with Crippen LogP contribution in [0.3, 0.4) is 0 Å². The summed E-state index contributed by atoms with van der Waals surface area (Å²) in [5.41, 5.74) is 12.0. The molecule has 4 N–H and O–H groups in total. The number of fused-ring (bicyclic) bond motifs is 1. The molecule has 2 fully saturated rings. The third kappa shape index (κ3) is 8.32. The molecule has 2 saturated heterocycles. The number of hydrazine groups is 2. The normalized spacial score (nSPS) is 17.5. The topological polar surface area (TPSA) is 115 Å². The van der Waals surface area contributed by atoms with Gasteiger partial charge < -0.3 is 25.9 Å². The van der Waals surface area contributed by atoms with E-state index in [2.05, 4.69) is 74.4 Å². The van der Waals surface area contributed by atoms with E-state index in [0.717, 1.165) is 37.2 Å². The van der Waals surface area contributed by atoms with Crippen molar-refractivity contribution < 1.29 is 9.18 Å². The summed E-state index contributed by atoms with van der Waals surface area (Å²) in [6.07, 6.45) is 5.61. The maximum atomic E-state index is 14.3. The molecular formula is C41H47Cl2FN10O. The van der Waals surface area contributed by atoms with Gasteiger partial charge in [0.15, 0.2) is 0 Å². The van der Waals surface area contributed by atoms with Crippen LogP contribution < -0.4 is 21.6 Å². The van der Waals surface area contributed by atoms with Gasteiger partial charge in [0.1, 0.15) is 11.9 Å². The molecule has 3 aliphatic rings. The third-order valence-electron chi connectivity index (χ3n) is 10.9. The van der Waals surface area contributed by atoms with Crippen molar-refractivity contribution in [2.75, 3.05) is 50.9 Å². The van der Waals surface area contributed by atoms with Gasteiger partial charge in [-0.25, -0.2) is 4.39 Å². The van der Waals surface area contributed by atoms with E-state index in [-0.39, 0.29) is 23.0 Å². The Morgan fingerprint density at radius 1 is 1.09 bits per heavy atom. The number of halogens is 3. The zero-order valence-electron chi connectivity index (χ0n) is 31.8. The molecule has 0 aliphatic carbocycles. The molecule has 0 radical (unpaired) electrons. The molecule has 3 aliphatic heterocycles. The van der Waals surface area contributed by atoms with Gasteiger partial charge in [0.2, 0.25) is 0 Å². The minimum atomic E-state index is -0.520. The van der Waals surface area contributed by atoms with Crippen molar-refractivity contribution in [2.24, 2.45) is 0 Å². The fourth-order valence-corrected chi connectivity index (χ4v) is 7.83. The summed E-state index contributed by atoms with van der Waals surface area (Å²) in [6, 6.07) is 18.5. The van der Waals surface area contributed by atoms with E-state index in [1.165, 1.54) is 18.3 Å². The Hall–Kier alpha value is -4.64. The van der Waals surface area contributed by atoms with Crippen molar-refractivity contribution in [3.05, 3.63) is 111 Å². The van der Waals surface area contributed by atoms with Crippen molar-refractivity contribution in [1.82, 2.24) is 35.7 Å². The van der Waals surface area contributed by atoms with Crippen LogP contribution in [0.2, 0.25) is 10.0 Å². The highest BCUT2D eigenvalue weighted by Crippen LogP contribution is 2.37. The van der Waals surface area contributed by atoms with Gasteiger partial charge >= 0.3 is 0 Å². The number of aromatic nitrogens is 1. The number of hydrogen-bond donors (Lipinski definition) is 4. The van der Waals surface area contributed by atoms with Gasteiger partial charge in [-0.3, -0.25) is 19.7 Å². The number of hydrogen-bond acceptors (Lipinski definition) is 10.